The van der Waals surface area contributed by atoms with Crippen LogP contribution >= 0.6 is 15.9 Å². The minimum Gasteiger partial charge on any atom is -0.489 e. The van der Waals surface area contributed by atoms with Crippen molar-refractivity contribution in [2.45, 2.75) is 13.2 Å². The van der Waals surface area contributed by atoms with Gasteiger partial charge in [0.2, 0.25) is 0 Å². The Morgan fingerprint density at radius 1 is 1.09 bits per heavy atom. The van der Waals surface area contributed by atoms with Gasteiger partial charge in [-0.05, 0) is 42.5 Å². The highest BCUT2D eigenvalue weighted by Crippen LogP contribution is 2.28. The third-order valence-electron chi connectivity index (χ3n) is 4.53. The zero-order chi connectivity index (χ0) is 23.4. The molecule has 0 saturated carbocycles. The van der Waals surface area contributed by atoms with Crippen LogP contribution in [0, 0.1) is 5.82 Å². The summed E-state index contributed by atoms with van der Waals surface area (Å²) in [6, 6.07) is 14.8. The molecule has 0 atom stereocenters. The van der Waals surface area contributed by atoms with Gasteiger partial charge < -0.3 is 14.8 Å². The molecule has 3 N–H and O–H groups in total. The van der Waals surface area contributed by atoms with E-state index >= 15 is 0 Å². The SMILES string of the molecule is O=C(Nc1ccccc1OC(F)F)Nc1n[nH]c2ccc(OCc3ccc(Br)cc3F)cc12. The van der Waals surface area contributed by atoms with Gasteiger partial charge in [-0.2, -0.15) is 13.9 Å². The number of nitrogens with one attached hydrogen (secondary N) is 3. The van der Waals surface area contributed by atoms with E-state index in [1.54, 1.807) is 36.4 Å². The van der Waals surface area contributed by atoms with Crippen LogP contribution in [0.4, 0.5) is 29.5 Å². The minimum atomic E-state index is -3.03. The Morgan fingerprint density at radius 2 is 1.91 bits per heavy atom. The second-order valence-corrected chi connectivity index (χ2v) is 7.67. The molecule has 1 aromatic heterocycles. The predicted octanol–water partition coefficient (Wildman–Crippen LogP) is 6.29. The van der Waals surface area contributed by atoms with Crippen LogP contribution in [0.15, 0.2) is 65.1 Å². The van der Waals surface area contributed by atoms with Gasteiger partial charge in [-0.3, -0.25) is 10.4 Å². The fourth-order valence-corrected chi connectivity index (χ4v) is 3.34. The van der Waals surface area contributed by atoms with E-state index in [0.29, 0.717) is 26.7 Å². The highest BCUT2D eigenvalue weighted by Gasteiger charge is 2.14. The van der Waals surface area contributed by atoms with Gasteiger partial charge in [-0.15, -0.1) is 0 Å². The fourth-order valence-electron chi connectivity index (χ4n) is 3.01. The van der Waals surface area contributed by atoms with Gasteiger partial charge in [0.05, 0.1) is 11.2 Å². The maximum atomic E-state index is 14.0. The summed E-state index contributed by atoms with van der Waals surface area (Å²) in [6.45, 7) is -3.03. The molecule has 1 heterocycles. The Morgan fingerprint density at radius 3 is 2.70 bits per heavy atom. The Balaban J connectivity index is 1.47. The first kappa shape index (κ1) is 22.5. The van der Waals surface area contributed by atoms with Gasteiger partial charge in [-0.1, -0.05) is 34.1 Å². The average Bonchev–Trinajstić information content (AvgIpc) is 3.16. The number of carbonyl (C=O) groups excluding carboxylic acids is 1. The summed E-state index contributed by atoms with van der Waals surface area (Å²) in [6.07, 6.45) is 0. The van der Waals surface area contributed by atoms with E-state index < -0.39 is 18.5 Å². The monoisotopic (exact) mass is 520 g/mol. The van der Waals surface area contributed by atoms with Crippen LogP contribution in [0.3, 0.4) is 0 Å². The van der Waals surface area contributed by atoms with Crippen molar-refractivity contribution in [3.05, 3.63) is 76.5 Å². The van der Waals surface area contributed by atoms with Gasteiger partial charge in [0, 0.05) is 15.4 Å². The number of alkyl halides is 2. The van der Waals surface area contributed by atoms with Crippen molar-refractivity contribution in [3.63, 3.8) is 0 Å². The standard InChI is InChI=1S/C22H16BrF3N4O3/c23-13-6-5-12(16(24)9-13)11-32-14-7-8-17-15(10-14)20(30-29-17)28-22(31)27-18-3-1-2-4-19(18)33-21(25)26/h1-10,21H,11H2,(H3,27,28,29,30,31). The van der Waals surface area contributed by atoms with Gasteiger partial charge in [0.15, 0.2) is 5.82 Å². The number of hydrogen-bond donors (Lipinski definition) is 3. The number of fused-ring (bicyclic) bond motifs is 1. The number of halogens is 4. The molecule has 0 radical (unpaired) electrons. The fraction of sp³-hybridized carbons (Fsp3) is 0.0909. The summed E-state index contributed by atoms with van der Waals surface area (Å²) < 4.78 is 49.9. The van der Waals surface area contributed by atoms with Crippen molar-refractivity contribution in [1.82, 2.24) is 10.2 Å². The van der Waals surface area contributed by atoms with Crippen molar-refractivity contribution in [2.75, 3.05) is 10.6 Å². The molecule has 0 aliphatic rings. The van der Waals surface area contributed by atoms with Crippen LogP contribution in [-0.2, 0) is 6.61 Å². The topological polar surface area (TPSA) is 88.3 Å². The summed E-state index contributed by atoms with van der Waals surface area (Å²) in [4.78, 5) is 12.4. The van der Waals surface area contributed by atoms with Crippen LogP contribution in [0.25, 0.3) is 10.9 Å². The van der Waals surface area contributed by atoms with Gasteiger partial charge in [0.1, 0.15) is 23.9 Å². The van der Waals surface area contributed by atoms with Crippen LogP contribution in [-0.4, -0.2) is 22.8 Å². The maximum absolute atomic E-state index is 14.0. The zero-order valence-electron chi connectivity index (χ0n) is 16.7. The molecule has 0 spiro atoms. The molecule has 0 aliphatic heterocycles. The van der Waals surface area contributed by atoms with E-state index in [0.717, 1.165) is 0 Å². The highest BCUT2D eigenvalue weighted by atomic mass is 79.9. The average molecular weight is 521 g/mol. The molecular formula is C22H16BrF3N4O3. The number of H-pyrrole nitrogens is 1. The number of hydrogen-bond acceptors (Lipinski definition) is 4. The van der Waals surface area contributed by atoms with E-state index in [4.69, 9.17) is 4.74 Å². The second-order valence-electron chi connectivity index (χ2n) is 6.76. The summed E-state index contributed by atoms with van der Waals surface area (Å²) in [7, 11) is 0. The number of rotatable bonds is 7. The molecule has 33 heavy (non-hydrogen) atoms. The lowest BCUT2D eigenvalue weighted by atomic mass is 10.2. The Bertz CT molecular complexity index is 1300. The van der Waals surface area contributed by atoms with E-state index in [2.05, 4.69) is 41.5 Å². The number of anilines is 2. The third-order valence-corrected chi connectivity index (χ3v) is 5.02. The van der Waals surface area contributed by atoms with E-state index in [1.807, 2.05) is 0 Å². The molecule has 170 valence electrons. The molecule has 4 rings (SSSR count). The van der Waals surface area contributed by atoms with Gasteiger partial charge in [-0.25, -0.2) is 9.18 Å². The summed E-state index contributed by atoms with van der Waals surface area (Å²) in [5.41, 5.74) is 1.07. The number of carbonyl (C=O) groups is 1. The van der Waals surface area contributed by atoms with Crippen LogP contribution in [0.5, 0.6) is 11.5 Å². The van der Waals surface area contributed by atoms with E-state index in [-0.39, 0.29) is 23.9 Å². The third kappa shape index (κ3) is 5.55. The number of amides is 2. The molecule has 7 nitrogen and oxygen atoms in total. The molecule has 0 unspecified atom stereocenters. The Kier molecular flexibility index (Phi) is 6.68. The van der Waals surface area contributed by atoms with E-state index in [9.17, 15) is 18.0 Å². The number of aromatic nitrogens is 2. The lowest BCUT2D eigenvalue weighted by Crippen LogP contribution is -2.20. The van der Waals surface area contributed by atoms with Crippen LogP contribution < -0.4 is 20.1 Å². The highest BCUT2D eigenvalue weighted by molar-refractivity contribution is 9.10. The Hall–Kier alpha value is -3.73. The predicted molar refractivity (Wildman–Crippen MR) is 120 cm³/mol. The quantitative estimate of drug-likeness (QED) is 0.267. The van der Waals surface area contributed by atoms with Crippen molar-refractivity contribution in [1.29, 1.82) is 0 Å². The minimum absolute atomic E-state index is 0.00659. The smallest absolute Gasteiger partial charge is 0.387 e. The molecular weight excluding hydrogens is 505 g/mol. The van der Waals surface area contributed by atoms with Crippen molar-refractivity contribution in [2.24, 2.45) is 0 Å². The number of urea groups is 1. The van der Waals surface area contributed by atoms with Crippen molar-refractivity contribution >= 4 is 44.4 Å². The molecule has 0 saturated heterocycles. The molecule has 0 fully saturated rings. The molecule has 0 bridgehead atoms. The normalized spacial score (nSPS) is 10.9. The van der Waals surface area contributed by atoms with Crippen LogP contribution in [0.2, 0.25) is 0 Å². The molecule has 3 aromatic carbocycles. The number of ether oxygens (including phenoxy) is 2. The number of benzene rings is 3. The van der Waals surface area contributed by atoms with Crippen molar-refractivity contribution < 1.29 is 27.4 Å². The molecule has 2 amide bonds. The maximum Gasteiger partial charge on any atom is 0.387 e. The van der Waals surface area contributed by atoms with E-state index in [1.165, 1.54) is 24.3 Å². The first-order valence-corrected chi connectivity index (χ1v) is 10.3. The summed E-state index contributed by atoms with van der Waals surface area (Å²) in [5, 5.41) is 12.4. The molecule has 11 heteroatoms. The summed E-state index contributed by atoms with van der Waals surface area (Å²) in [5.74, 6) is 0.0506. The number of aromatic amines is 1. The zero-order valence-corrected chi connectivity index (χ0v) is 18.3. The van der Waals surface area contributed by atoms with Gasteiger partial charge >= 0.3 is 12.6 Å². The molecule has 0 aliphatic carbocycles. The lowest BCUT2D eigenvalue weighted by Gasteiger charge is -2.12. The van der Waals surface area contributed by atoms with Crippen molar-refractivity contribution in [3.8, 4) is 11.5 Å². The first-order chi connectivity index (χ1) is 15.9. The first-order valence-electron chi connectivity index (χ1n) is 9.56. The summed E-state index contributed by atoms with van der Waals surface area (Å²) >= 11 is 3.21. The largest absolute Gasteiger partial charge is 0.489 e. The number of para-hydroxylation sites is 2. The van der Waals surface area contributed by atoms with Gasteiger partial charge in [0.25, 0.3) is 0 Å². The second kappa shape index (κ2) is 9.82. The lowest BCUT2D eigenvalue weighted by molar-refractivity contribution is -0.0493. The molecule has 4 aromatic rings. The number of nitrogens with zero attached hydrogens (tertiary/aromatic N) is 1. The Labute approximate surface area is 194 Å². The van der Waals surface area contributed by atoms with Crippen LogP contribution in [0.1, 0.15) is 5.56 Å².